The monoisotopic (exact) mass is 150 g/mol. The topological polar surface area (TPSA) is 28.7 Å². The van der Waals surface area contributed by atoms with Crippen molar-refractivity contribution in [2.75, 3.05) is 0 Å². The summed E-state index contributed by atoms with van der Waals surface area (Å²) in [6, 6.07) is 0. The molecule has 0 bridgehead atoms. The predicted octanol–water partition coefficient (Wildman–Crippen LogP) is 1.80. The van der Waals surface area contributed by atoms with Crippen LogP contribution in [0.2, 0.25) is 5.15 Å². The van der Waals surface area contributed by atoms with Gasteiger partial charge in [-0.15, -0.1) is 11.6 Å². The first kappa shape index (κ1) is 5.92. The third kappa shape index (κ3) is 1.14. The second kappa shape index (κ2) is 2.37. The molecule has 1 heterocycles. The molecule has 0 radical (unpaired) electrons. The van der Waals surface area contributed by atoms with Crippen LogP contribution in [0, 0.1) is 0 Å². The summed E-state index contributed by atoms with van der Waals surface area (Å²) in [7, 11) is 0. The molecule has 0 spiro atoms. The smallest absolute Gasteiger partial charge is 0.126 e. The highest BCUT2D eigenvalue weighted by molar-refractivity contribution is 6.29. The Morgan fingerprint density at radius 2 is 2.50 bits per heavy atom. The van der Waals surface area contributed by atoms with Gasteiger partial charge >= 0.3 is 0 Å². The van der Waals surface area contributed by atoms with Crippen LogP contribution in [0.4, 0.5) is 0 Å². The number of aromatic nitrogens is 2. The molecule has 1 aromatic rings. The van der Waals surface area contributed by atoms with Crippen LogP contribution in [-0.2, 0) is 5.88 Å². The summed E-state index contributed by atoms with van der Waals surface area (Å²) in [5.41, 5.74) is 0. The van der Waals surface area contributed by atoms with E-state index in [4.69, 9.17) is 23.2 Å². The van der Waals surface area contributed by atoms with Crippen LogP contribution in [0.1, 0.15) is 5.82 Å². The minimum Gasteiger partial charge on any atom is -0.332 e. The zero-order valence-electron chi connectivity index (χ0n) is 3.99. The van der Waals surface area contributed by atoms with Crippen LogP contribution in [0.15, 0.2) is 6.20 Å². The number of nitrogens with zero attached hydrogens (tertiary/aromatic N) is 1. The van der Waals surface area contributed by atoms with Crippen LogP contribution >= 0.6 is 23.2 Å². The molecule has 0 aliphatic heterocycles. The zero-order chi connectivity index (χ0) is 5.98. The van der Waals surface area contributed by atoms with Crippen molar-refractivity contribution in [2.24, 2.45) is 0 Å². The Hall–Kier alpha value is -0.210. The summed E-state index contributed by atoms with van der Waals surface area (Å²) >= 11 is 10.9. The Morgan fingerprint density at radius 1 is 1.75 bits per heavy atom. The minimum atomic E-state index is 0.382. The van der Waals surface area contributed by atoms with Crippen molar-refractivity contribution in [3.8, 4) is 0 Å². The third-order valence-corrected chi connectivity index (χ3v) is 1.17. The summed E-state index contributed by atoms with van der Waals surface area (Å²) < 4.78 is 0. The van der Waals surface area contributed by atoms with Crippen LogP contribution < -0.4 is 0 Å². The van der Waals surface area contributed by atoms with Gasteiger partial charge in [0.1, 0.15) is 11.0 Å². The van der Waals surface area contributed by atoms with Gasteiger partial charge in [0, 0.05) is 0 Å². The quantitative estimate of drug-likeness (QED) is 0.609. The number of alkyl halides is 1. The molecule has 2 nitrogen and oxygen atoms in total. The first-order chi connectivity index (χ1) is 3.83. The number of imidazole rings is 1. The van der Waals surface area contributed by atoms with Gasteiger partial charge in [0.2, 0.25) is 0 Å². The summed E-state index contributed by atoms with van der Waals surface area (Å²) in [6.07, 6.45) is 1.53. The van der Waals surface area contributed by atoms with Gasteiger partial charge in [-0.05, 0) is 0 Å². The molecule has 0 amide bonds. The molecule has 1 rings (SSSR count). The van der Waals surface area contributed by atoms with E-state index in [0.29, 0.717) is 16.9 Å². The van der Waals surface area contributed by atoms with E-state index in [2.05, 4.69) is 9.97 Å². The zero-order valence-corrected chi connectivity index (χ0v) is 5.50. The van der Waals surface area contributed by atoms with Crippen molar-refractivity contribution in [1.82, 2.24) is 9.97 Å². The molecule has 0 aliphatic carbocycles. The van der Waals surface area contributed by atoms with Crippen LogP contribution in [0.5, 0.6) is 0 Å². The summed E-state index contributed by atoms with van der Waals surface area (Å²) in [4.78, 5) is 6.56. The van der Waals surface area contributed by atoms with Crippen molar-refractivity contribution in [2.45, 2.75) is 5.88 Å². The molecule has 0 atom stereocenters. The molecule has 0 aromatic carbocycles. The average molecular weight is 151 g/mol. The third-order valence-electron chi connectivity index (χ3n) is 0.724. The number of hydrogen-bond acceptors (Lipinski definition) is 1. The highest BCUT2D eigenvalue weighted by atomic mass is 35.5. The van der Waals surface area contributed by atoms with Gasteiger partial charge in [-0.2, -0.15) is 0 Å². The van der Waals surface area contributed by atoms with Crippen LogP contribution in [0.25, 0.3) is 0 Å². The van der Waals surface area contributed by atoms with Crippen LogP contribution in [0.3, 0.4) is 0 Å². The molecule has 1 aromatic heterocycles. The van der Waals surface area contributed by atoms with Gasteiger partial charge in [-0.25, -0.2) is 4.98 Å². The normalized spacial score (nSPS) is 9.75. The number of halogens is 2. The molecular weight excluding hydrogens is 147 g/mol. The Morgan fingerprint density at radius 3 is 2.75 bits per heavy atom. The number of H-pyrrole nitrogens is 1. The molecule has 8 heavy (non-hydrogen) atoms. The van der Waals surface area contributed by atoms with Crippen molar-refractivity contribution in [1.29, 1.82) is 0 Å². The van der Waals surface area contributed by atoms with E-state index in [-0.39, 0.29) is 0 Å². The largest absolute Gasteiger partial charge is 0.332 e. The second-order valence-electron chi connectivity index (χ2n) is 1.31. The molecule has 0 aliphatic rings. The van der Waals surface area contributed by atoms with E-state index in [1.54, 1.807) is 0 Å². The maximum absolute atomic E-state index is 5.46. The van der Waals surface area contributed by atoms with E-state index >= 15 is 0 Å². The van der Waals surface area contributed by atoms with Crippen molar-refractivity contribution >= 4 is 23.2 Å². The Labute approximate surface area is 56.8 Å². The number of hydrogen-bond donors (Lipinski definition) is 1. The van der Waals surface area contributed by atoms with Gasteiger partial charge in [-0.1, -0.05) is 11.6 Å². The molecule has 4 heteroatoms. The summed E-state index contributed by atoms with van der Waals surface area (Å²) in [6.45, 7) is 0. The maximum atomic E-state index is 5.46. The lowest BCUT2D eigenvalue weighted by Gasteiger charge is -1.79. The molecule has 0 saturated heterocycles. The standard InChI is InChI=1S/C4H4Cl2N2/c5-1-4-7-2-3(6)8-4/h2H,1H2,(H,7,8). The number of aromatic amines is 1. The van der Waals surface area contributed by atoms with E-state index in [9.17, 15) is 0 Å². The lowest BCUT2D eigenvalue weighted by atomic mass is 10.7. The SMILES string of the molecule is ClCc1ncc(Cl)[nH]1. The highest BCUT2D eigenvalue weighted by Gasteiger charge is 1.92. The lowest BCUT2D eigenvalue weighted by molar-refractivity contribution is 1.12. The average Bonchev–Trinajstić information content (AvgIpc) is 2.14. The van der Waals surface area contributed by atoms with Gasteiger partial charge in [0.15, 0.2) is 0 Å². The fraction of sp³-hybridized carbons (Fsp3) is 0.250. The Bertz CT molecular complexity index is 172. The molecule has 1 N–H and O–H groups in total. The van der Waals surface area contributed by atoms with Gasteiger partial charge in [0.25, 0.3) is 0 Å². The summed E-state index contributed by atoms with van der Waals surface area (Å²) in [5.74, 6) is 1.09. The van der Waals surface area contributed by atoms with E-state index in [0.717, 1.165) is 0 Å². The Balaban J connectivity index is 2.84. The number of nitrogens with one attached hydrogen (secondary N) is 1. The lowest BCUT2D eigenvalue weighted by Crippen LogP contribution is -1.76. The molecule has 0 unspecified atom stereocenters. The van der Waals surface area contributed by atoms with Gasteiger partial charge < -0.3 is 4.98 Å². The number of rotatable bonds is 1. The van der Waals surface area contributed by atoms with Crippen molar-refractivity contribution in [3.05, 3.63) is 17.2 Å². The van der Waals surface area contributed by atoms with Crippen molar-refractivity contribution in [3.63, 3.8) is 0 Å². The fourth-order valence-corrected chi connectivity index (χ4v) is 0.699. The van der Waals surface area contributed by atoms with Gasteiger partial charge in [0.05, 0.1) is 12.1 Å². The first-order valence-electron chi connectivity index (χ1n) is 2.08. The summed E-state index contributed by atoms with van der Waals surface area (Å²) in [5, 5.41) is 0.528. The molecule has 44 valence electrons. The second-order valence-corrected chi connectivity index (χ2v) is 1.99. The van der Waals surface area contributed by atoms with Crippen molar-refractivity contribution < 1.29 is 0 Å². The Kier molecular flexibility index (Phi) is 1.76. The van der Waals surface area contributed by atoms with Gasteiger partial charge in [-0.3, -0.25) is 0 Å². The molecule has 0 saturated carbocycles. The highest BCUT2D eigenvalue weighted by Crippen LogP contribution is 2.04. The minimum absolute atomic E-state index is 0.382. The maximum Gasteiger partial charge on any atom is 0.126 e. The van der Waals surface area contributed by atoms with E-state index in [1.165, 1.54) is 6.20 Å². The van der Waals surface area contributed by atoms with Crippen LogP contribution in [-0.4, -0.2) is 9.97 Å². The fourth-order valence-electron chi connectivity index (χ4n) is 0.405. The molecular formula is C4H4Cl2N2. The van der Waals surface area contributed by atoms with E-state index in [1.807, 2.05) is 0 Å². The predicted molar refractivity (Wildman–Crippen MR) is 33.2 cm³/mol. The molecule has 0 fully saturated rings. The first-order valence-corrected chi connectivity index (χ1v) is 2.99. The van der Waals surface area contributed by atoms with E-state index < -0.39 is 0 Å².